The molecule has 6 rings (SSSR count). The lowest BCUT2D eigenvalue weighted by molar-refractivity contribution is 0.0248. The normalized spacial score (nSPS) is 16.0. The fraction of sp³-hybridized carbons (Fsp3) is 0.139. The molecule has 1 aliphatic heterocycles. The zero-order chi connectivity index (χ0) is 30.5. The molecule has 0 saturated carbocycles. The van der Waals surface area contributed by atoms with Gasteiger partial charge in [-0.3, -0.25) is 0 Å². The largest absolute Gasteiger partial charge is 0.508 e. The molecule has 1 unspecified atom stereocenters. The molecule has 5 aromatic rings. The Morgan fingerprint density at radius 3 is 1.93 bits per heavy atom. The number of carbonyl (C=O) groups is 1. The molecule has 0 bridgehead atoms. The number of phenolic OH excluding ortho intramolecular Hbond substituents is 1. The van der Waals surface area contributed by atoms with E-state index in [1.807, 2.05) is 64.1 Å². The van der Waals surface area contributed by atoms with Crippen LogP contribution in [0.4, 0.5) is 0 Å². The summed E-state index contributed by atoms with van der Waals surface area (Å²) in [6, 6.07) is 29.5. The summed E-state index contributed by atoms with van der Waals surface area (Å²) in [7, 11) is -3.64. The molecular formula is C36H30O6S. The van der Waals surface area contributed by atoms with Crippen molar-refractivity contribution in [3.05, 3.63) is 148 Å². The topological polar surface area (TPSA) is 89.9 Å². The Labute approximate surface area is 251 Å². The van der Waals surface area contributed by atoms with E-state index in [1.165, 1.54) is 12.1 Å². The molecule has 7 heteroatoms. The van der Waals surface area contributed by atoms with Gasteiger partial charge in [0, 0.05) is 16.7 Å². The third kappa shape index (κ3) is 4.66. The summed E-state index contributed by atoms with van der Waals surface area (Å²) in [5.41, 5.74) is 4.66. The van der Waals surface area contributed by atoms with E-state index < -0.39 is 21.4 Å². The van der Waals surface area contributed by atoms with Crippen molar-refractivity contribution in [2.45, 2.75) is 43.1 Å². The third-order valence-corrected chi connectivity index (χ3v) is 9.80. The minimum Gasteiger partial charge on any atom is -0.508 e. The van der Waals surface area contributed by atoms with E-state index in [-0.39, 0.29) is 15.5 Å². The quantitative estimate of drug-likeness (QED) is 0.204. The highest BCUT2D eigenvalue weighted by molar-refractivity contribution is 7.91. The average Bonchev–Trinajstić information content (AvgIpc) is 3.30. The second-order valence-corrected chi connectivity index (χ2v) is 12.8. The number of benzene rings is 5. The third-order valence-electron chi connectivity index (χ3n) is 8.01. The number of sulfone groups is 1. The van der Waals surface area contributed by atoms with Crippen LogP contribution in [-0.2, 0) is 20.2 Å². The highest BCUT2D eigenvalue weighted by Crippen LogP contribution is 2.50. The van der Waals surface area contributed by atoms with Crippen LogP contribution in [0.2, 0.25) is 0 Å². The number of fused-ring (bicyclic) bond motifs is 1. The van der Waals surface area contributed by atoms with Crippen LogP contribution in [0.1, 0.15) is 49.3 Å². The Morgan fingerprint density at radius 2 is 1.23 bits per heavy atom. The van der Waals surface area contributed by atoms with Crippen LogP contribution in [0.5, 0.6) is 17.2 Å². The van der Waals surface area contributed by atoms with Crippen molar-refractivity contribution >= 4 is 15.8 Å². The van der Waals surface area contributed by atoms with Gasteiger partial charge < -0.3 is 14.6 Å². The first-order valence-corrected chi connectivity index (χ1v) is 15.3. The molecule has 0 aliphatic carbocycles. The summed E-state index contributed by atoms with van der Waals surface area (Å²) in [6.07, 6.45) is 0. The fourth-order valence-corrected chi connectivity index (χ4v) is 7.05. The molecule has 216 valence electrons. The molecule has 6 nitrogen and oxygen atoms in total. The average molecular weight is 591 g/mol. The summed E-state index contributed by atoms with van der Waals surface area (Å²) >= 11 is 0. The highest BCUT2D eigenvalue weighted by Gasteiger charge is 2.50. The Bertz CT molecular complexity index is 2000. The van der Waals surface area contributed by atoms with Gasteiger partial charge in [-0.05, 0) is 117 Å². The molecule has 0 saturated heterocycles. The summed E-state index contributed by atoms with van der Waals surface area (Å²) in [5.74, 6) is 0.836. The number of phenols is 1. The van der Waals surface area contributed by atoms with Crippen LogP contribution in [0, 0.1) is 27.7 Å². The molecule has 5 aromatic carbocycles. The van der Waals surface area contributed by atoms with Crippen LogP contribution in [-0.4, -0.2) is 19.5 Å². The van der Waals surface area contributed by atoms with E-state index >= 15 is 0 Å². The lowest BCUT2D eigenvalue weighted by Gasteiger charge is -2.34. The minimum absolute atomic E-state index is 0.174. The summed E-state index contributed by atoms with van der Waals surface area (Å²) in [5, 5.41) is 10.4. The Balaban J connectivity index is 1.42. The Hall–Kier alpha value is -4.88. The predicted octanol–water partition coefficient (Wildman–Crippen LogP) is 7.71. The summed E-state index contributed by atoms with van der Waals surface area (Å²) in [4.78, 5) is 13.7. The van der Waals surface area contributed by atoms with Gasteiger partial charge in [0.05, 0.1) is 15.4 Å². The maximum Gasteiger partial charge on any atom is 0.340 e. The molecule has 1 heterocycles. The predicted molar refractivity (Wildman–Crippen MR) is 164 cm³/mol. The van der Waals surface area contributed by atoms with Gasteiger partial charge in [-0.15, -0.1) is 0 Å². The SMILES string of the molecule is Cc1cc(C2(c3cc(C)c(Oc4ccc(S(=O)(=O)c5ccccc5)cc4)cc3C)OC(=O)c3ccccc32)c(C)cc1O. The van der Waals surface area contributed by atoms with Crippen molar-refractivity contribution in [1.82, 2.24) is 0 Å². The van der Waals surface area contributed by atoms with E-state index in [0.29, 0.717) is 22.6 Å². The number of aromatic hydroxyl groups is 1. The second-order valence-electron chi connectivity index (χ2n) is 10.9. The van der Waals surface area contributed by atoms with E-state index in [1.54, 1.807) is 54.6 Å². The van der Waals surface area contributed by atoms with E-state index in [4.69, 9.17) is 9.47 Å². The molecular weight excluding hydrogens is 560 g/mol. The Morgan fingerprint density at radius 1 is 0.651 bits per heavy atom. The van der Waals surface area contributed by atoms with Gasteiger partial charge >= 0.3 is 5.97 Å². The number of rotatable bonds is 6. The van der Waals surface area contributed by atoms with Gasteiger partial charge in [0.15, 0.2) is 5.60 Å². The zero-order valence-electron chi connectivity index (χ0n) is 24.2. The molecule has 0 spiro atoms. The van der Waals surface area contributed by atoms with Crippen molar-refractivity contribution in [3.8, 4) is 17.2 Å². The van der Waals surface area contributed by atoms with Gasteiger partial charge in [-0.25, -0.2) is 13.2 Å². The van der Waals surface area contributed by atoms with Gasteiger partial charge in [0.25, 0.3) is 0 Å². The summed E-state index contributed by atoms with van der Waals surface area (Å²) < 4.78 is 38.6. The number of esters is 1. The van der Waals surface area contributed by atoms with Crippen molar-refractivity contribution in [2.75, 3.05) is 0 Å². The van der Waals surface area contributed by atoms with Crippen molar-refractivity contribution in [3.63, 3.8) is 0 Å². The first-order valence-electron chi connectivity index (χ1n) is 13.9. The fourth-order valence-electron chi connectivity index (χ4n) is 5.77. The molecule has 43 heavy (non-hydrogen) atoms. The Kier molecular flexibility index (Phi) is 6.86. The maximum atomic E-state index is 13.2. The molecule has 0 fully saturated rings. The van der Waals surface area contributed by atoms with Crippen molar-refractivity contribution < 1.29 is 27.8 Å². The number of hydrogen-bond donors (Lipinski definition) is 1. The zero-order valence-corrected chi connectivity index (χ0v) is 25.0. The van der Waals surface area contributed by atoms with Crippen LogP contribution in [0.3, 0.4) is 0 Å². The molecule has 1 N–H and O–H groups in total. The van der Waals surface area contributed by atoms with Gasteiger partial charge in [0.1, 0.15) is 17.2 Å². The summed E-state index contributed by atoms with van der Waals surface area (Å²) in [6.45, 7) is 7.57. The van der Waals surface area contributed by atoms with E-state index in [2.05, 4.69) is 0 Å². The first kappa shape index (κ1) is 28.2. The lowest BCUT2D eigenvalue weighted by atomic mass is 9.75. The van der Waals surface area contributed by atoms with Crippen LogP contribution < -0.4 is 4.74 Å². The number of hydrogen-bond acceptors (Lipinski definition) is 6. The lowest BCUT2D eigenvalue weighted by Crippen LogP contribution is -2.31. The standard InChI is InChI=1S/C36H30O6S/c1-22-20-33(37)24(3)18-31(22)36(30-13-9-8-12-29(30)35(38)42-36)32-19-25(4)34(21-23(32)2)41-26-14-16-28(17-15-26)43(39,40)27-10-6-5-7-11-27/h5-21,37H,1-4H3. The maximum absolute atomic E-state index is 13.2. The monoisotopic (exact) mass is 590 g/mol. The number of carbonyl (C=O) groups excluding carboxylic acids is 1. The van der Waals surface area contributed by atoms with Gasteiger partial charge in [-0.2, -0.15) is 0 Å². The van der Waals surface area contributed by atoms with E-state index in [0.717, 1.165) is 33.4 Å². The van der Waals surface area contributed by atoms with Crippen LogP contribution in [0.15, 0.2) is 113 Å². The van der Waals surface area contributed by atoms with Crippen LogP contribution >= 0.6 is 0 Å². The molecule has 1 aliphatic rings. The molecule has 0 radical (unpaired) electrons. The number of cyclic esters (lactones) is 1. The first-order chi connectivity index (χ1) is 20.5. The van der Waals surface area contributed by atoms with Gasteiger partial charge in [0.2, 0.25) is 9.84 Å². The number of aryl methyl sites for hydroxylation is 4. The molecule has 0 amide bonds. The minimum atomic E-state index is -3.64. The second kappa shape index (κ2) is 10.4. The van der Waals surface area contributed by atoms with Crippen LogP contribution in [0.25, 0.3) is 0 Å². The van der Waals surface area contributed by atoms with Crippen molar-refractivity contribution in [2.24, 2.45) is 0 Å². The van der Waals surface area contributed by atoms with E-state index in [9.17, 15) is 18.3 Å². The van der Waals surface area contributed by atoms with Crippen molar-refractivity contribution in [1.29, 1.82) is 0 Å². The van der Waals surface area contributed by atoms with Gasteiger partial charge in [-0.1, -0.05) is 36.4 Å². The molecule has 0 aromatic heterocycles. The molecule has 1 atom stereocenters. The smallest absolute Gasteiger partial charge is 0.340 e. The number of ether oxygens (including phenoxy) is 2. The highest BCUT2D eigenvalue weighted by atomic mass is 32.2.